The Bertz CT molecular complexity index is 590. The predicted octanol–water partition coefficient (Wildman–Crippen LogP) is 3.82. The first-order valence-electron chi connectivity index (χ1n) is 7.47. The molecule has 2 aliphatic rings. The maximum atomic E-state index is 13.3. The summed E-state index contributed by atoms with van der Waals surface area (Å²) in [5, 5.41) is 0. The fraction of sp³-hybridized carbons (Fsp3) is 0.562. The molecular weight excluding hydrogens is 334 g/mol. The number of amides is 1. The van der Waals surface area contributed by atoms with E-state index in [2.05, 4.69) is 0 Å². The maximum absolute atomic E-state index is 13.3. The summed E-state index contributed by atoms with van der Waals surface area (Å²) >= 11 is 5.58. The fourth-order valence-corrected chi connectivity index (χ4v) is 3.81. The van der Waals surface area contributed by atoms with Crippen molar-refractivity contribution in [2.24, 2.45) is 17.8 Å². The van der Waals surface area contributed by atoms with Gasteiger partial charge in [0.2, 0.25) is 5.91 Å². The summed E-state index contributed by atoms with van der Waals surface area (Å²) in [4.78, 5) is 13.3. The molecular formula is C16H16ClF4NO. The minimum absolute atomic E-state index is 0.0163. The van der Waals surface area contributed by atoms with Gasteiger partial charge in [-0.25, -0.2) is 17.6 Å². The number of nitrogens with zero attached hydrogens (tertiary/aromatic N) is 1. The Labute approximate surface area is 136 Å². The van der Waals surface area contributed by atoms with Gasteiger partial charge in [-0.15, -0.1) is 11.6 Å². The highest BCUT2D eigenvalue weighted by molar-refractivity contribution is 6.27. The summed E-state index contributed by atoms with van der Waals surface area (Å²) in [6, 6.07) is 3.06. The van der Waals surface area contributed by atoms with E-state index in [1.807, 2.05) is 0 Å². The normalized spacial score (nSPS) is 27.6. The van der Waals surface area contributed by atoms with Gasteiger partial charge < -0.3 is 4.90 Å². The van der Waals surface area contributed by atoms with Crippen LogP contribution in [-0.4, -0.2) is 29.2 Å². The fourth-order valence-electron chi connectivity index (χ4n) is 3.64. The zero-order valence-electron chi connectivity index (χ0n) is 12.2. The summed E-state index contributed by atoms with van der Waals surface area (Å²) in [6.07, 6.45) is 0.752. The van der Waals surface area contributed by atoms with Crippen LogP contribution in [0, 0.1) is 29.4 Å². The molecule has 1 aromatic carbocycles. The monoisotopic (exact) mass is 349 g/mol. The highest BCUT2D eigenvalue weighted by Crippen LogP contribution is 2.65. The molecule has 0 spiro atoms. The number of carbonyl (C=O) groups excluding carboxylic acids is 1. The number of carbonyl (C=O) groups is 1. The molecule has 2 unspecified atom stereocenters. The number of fused-ring (bicyclic) bond motifs is 1. The van der Waals surface area contributed by atoms with Gasteiger partial charge >= 0.3 is 0 Å². The SMILES string of the molecule is O=C(CCl)N(Cc1cc(F)cc(F)c1)CC1CC2C(C1)C2(F)F. The van der Waals surface area contributed by atoms with Crippen LogP contribution in [0.2, 0.25) is 0 Å². The Hall–Kier alpha value is -1.30. The van der Waals surface area contributed by atoms with Crippen molar-refractivity contribution in [1.29, 1.82) is 0 Å². The Balaban J connectivity index is 1.66. The van der Waals surface area contributed by atoms with Crippen LogP contribution in [0.15, 0.2) is 18.2 Å². The second-order valence-electron chi connectivity index (χ2n) is 6.41. The van der Waals surface area contributed by atoms with Crippen molar-refractivity contribution in [2.75, 3.05) is 12.4 Å². The first kappa shape index (κ1) is 16.6. The van der Waals surface area contributed by atoms with Crippen LogP contribution in [0.5, 0.6) is 0 Å². The largest absolute Gasteiger partial charge is 0.337 e. The number of halogens is 5. The number of benzene rings is 1. The molecule has 2 aliphatic carbocycles. The minimum Gasteiger partial charge on any atom is -0.337 e. The average Bonchev–Trinajstić information content (AvgIpc) is 2.84. The lowest BCUT2D eigenvalue weighted by Gasteiger charge is -2.26. The van der Waals surface area contributed by atoms with E-state index in [1.54, 1.807) is 0 Å². The Morgan fingerprint density at radius 3 is 2.26 bits per heavy atom. The third-order valence-electron chi connectivity index (χ3n) is 4.78. The molecule has 0 aromatic heterocycles. The van der Waals surface area contributed by atoms with Gasteiger partial charge in [0.1, 0.15) is 17.5 Å². The zero-order valence-corrected chi connectivity index (χ0v) is 13.0. The molecule has 0 radical (unpaired) electrons. The van der Waals surface area contributed by atoms with Crippen molar-refractivity contribution in [2.45, 2.75) is 25.3 Å². The quantitative estimate of drug-likeness (QED) is 0.584. The van der Waals surface area contributed by atoms with Gasteiger partial charge in [0.25, 0.3) is 5.92 Å². The standard InChI is InChI=1S/C16H16ClF4NO/c17-6-15(23)22(7-9-1-11(18)5-12(19)2-9)8-10-3-13-14(4-10)16(13,20)21/h1-2,5,10,13-14H,3-4,6-8H2. The second kappa shape index (κ2) is 5.96. The smallest absolute Gasteiger partial charge is 0.254 e. The Kier molecular flexibility index (Phi) is 4.29. The van der Waals surface area contributed by atoms with Crippen LogP contribution in [0.4, 0.5) is 17.6 Å². The molecule has 2 saturated carbocycles. The maximum Gasteiger partial charge on any atom is 0.254 e. The highest BCUT2D eigenvalue weighted by atomic mass is 35.5. The number of hydrogen-bond donors (Lipinski definition) is 0. The topological polar surface area (TPSA) is 20.3 Å². The molecule has 0 bridgehead atoms. The molecule has 3 rings (SSSR count). The molecule has 7 heteroatoms. The van der Waals surface area contributed by atoms with Crippen molar-refractivity contribution in [1.82, 2.24) is 4.90 Å². The molecule has 0 aliphatic heterocycles. The Morgan fingerprint density at radius 1 is 1.17 bits per heavy atom. The lowest BCUT2D eigenvalue weighted by Crippen LogP contribution is -2.36. The van der Waals surface area contributed by atoms with Gasteiger partial charge in [-0.1, -0.05) is 0 Å². The first-order valence-corrected chi connectivity index (χ1v) is 8.01. The van der Waals surface area contributed by atoms with Crippen molar-refractivity contribution < 1.29 is 22.4 Å². The highest BCUT2D eigenvalue weighted by Gasteiger charge is 2.71. The van der Waals surface area contributed by atoms with Gasteiger partial charge in [0.05, 0.1) is 0 Å². The Morgan fingerprint density at radius 2 is 1.74 bits per heavy atom. The zero-order chi connectivity index (χ0) is 16.8. The summed E-state index contributed by atoms with van der Waals surface area (Å²) in [6.45, 7) is 0.301. The van der Waals surface area contributed by atoms with E-state index in [9.17, 15) is 22.4 Å². The van der Waals surface area contributed by atoms with E-state index in [1.165, 1.54) is 4.90 Å². The van der Waals surface area contributed by atoms with E-state index in [0.29, 0.717) is 18.4 Å². The van der Waals surface area contributed by atoms with E-state index in [-0.39, 0.29) is 30.8 Å². The summed E-state index contributed by atoms with van der Waals surface area (Å²) in [5.41, 5.74) is 0.314. The molecule has 2 nitrogen and oxygen atoms in total. The summed E-state index contributed by atoms with van der Waals surface area (Å²) in [7, 11) is 0. The van der Waals surface area contributed by atoms with Crippen molar-refractivity contribution in [3.05, 3.63) is 35.4 Å². The molecule has 0 N–H and O–H groups in total. The van der Waals surface area contributed by atoms with Gasteiger partial charge in [-0.05, 0) is 36.5 Å². The third-order valence-corrected chi connectivity index (χ3v) is 5.01. The minimum atomic E-state index is -2.55. The molecule has 2 atom stereocenters. The lowest BCUT2D eigenvalue weighted by molar-refractivity contribution is -0.129. The number of alkyl halides is 3. The second-order valence-corrected chi connectivity index (χ2v) is 6.68. The van der Waals surface area contributed by atoms with Gasteiger partial charge in [-0.3, -0.25) is 4.79 Å². The third kappa shape index (κ3) is 3.32. The van der Waals surface area contributed by atoms with Crippen molar-refractivity contribution in [3.8, 4) is 0 Å². The molecule has 0 saturated heterocycles. The average molecular weight is 350 g/mol. The molecule has 0 heterocycles. The van der Waals surface area contributed by atoms with Crippen molar-refractivity contribution >= 4 is 17.5 Å². The van der Waals surface area contributed by atoms with Crippen LogP contribution in [0.3, 0.4) is 0 Å². The molecule has 126 valence electrons. The first-order chi connectivity index (χ1) is 10.8. The van der Waals surface area contributed by atoms with Crippen LogP contribution in [0.1, 0.15) is 18.4 Å². The van der Waals surface area contributed by atoms with Crippen LogP contribution in [-0.2, 0) is 11.3 Å². The molecule has 1 aromatic rings. The van der Waals surface area contributed by atoms with Gasteiger partial charge in [0.15, 0.2) is 0 Å². The van der Waals surface area contributed by atoms with Crippen LogP contribution >= 0.6 is 11.6 Å². The van der Waals surface area contributed by atoms with Crippen LogP contribution < -0.4 is 0 Å². The van der Waals surface area contributed by atoms with E-state index >= 15 is 0 Å². The van der Waals surface area contributed by atoms with Gasteiger partial charge in [0, 0.05) is 31.0 Å². The molecule has 2 fully saturated rings. The summed E-state index contributed by atoms with van der Waals surface area (Å²) < 4.78 is 53.0. The van der Waals surface area contributed by atoms with Crippen molar-refractivity contribution in [3.63, 3.8) is 0 Å². The van der Waals surface area contributed by atoms with E-state index in [0.717, 1.165) is 18.2 Å². The molecule has 23 heavy (non-hydrogen) atoms. The van der Waals surface area contributed by atoms with E-state index < -0.39 is 29.4 Å². The summed E-state index contributed by atoms with van der Waals surface area (Å²) in [5.74, 6) is -5.80. The predicted molar refractivity (Wildman–Crippen MR) is 77.1 cm³/mol. The lowest BCUT2D eigenvalue weighted by atomic mass is 10.0. The van der Waals surface area contributed by atoms with Crippen LogP contribution in [0.25, 0.3) is 0 Å². The molecule has 1 amide bonds. The number of hydrogen-bond acceptors (Lipinski definition) is 1. The number of rotatable bonds is 5. The van der Waals surface area contributed by atoms with Gasteiger partial charge in [-0.2, -0.15) is 0 Å². The van der Waals surface area contributed by atoms with E-state index in [4.69, 9.17) is 11.6 Å².